The smallest absolute Gasteiger partial charge is 0.257 e. The molecule has 0 saturated heterocycles. The van der Waals surface area contributed by atoms with Gasteiger partial charge in [0.1, 0.15) is 5.82 Å². The molecule has 0 fully saturated rings. The Morgan fingerprint density at radius 3 is 2.80 bits per heavy atom. The molecule has 2 aromatic rings. The molecular formula is C16H13FN2O. The second-order valence-electron chi connectivity index (χ2n) is 4.69. The highest BCUT2D eigenvalue weighted by molar-refractivity contribution is 6.31. The van der Waals surface area contributed by atoms with Gasteiger partial charge in [-0.3, -0.25) is 4.79 Å². The van der Waals surface area contributed by atoms with E-state index in [1.807, 2.05) is 37.3 Å². The highest BCUT2D eigenvalue weighted by Crippen LogP contribution is 2.31. The van der Waals surface area contributed by atoms with E-state index in [1.165, 1.54) is 12.3 Å². The normalized spacial score (nSPS) is 15.1. The van der Waals surface area contributed by atoms with E-state index in [4.69, 9.17) is 0 Å². The number of amides is 1. The Bertz CT molecular complexity index is 722. The molecule has 1 amide bonds. The zero-order valence-corrected chi connectivity index (χ0v) is 10.9. The standard InChI is InChI=1S/C16H13FN2O/c1-10-6-7-15(13(17)8-10)18-9-12-11-4-2-3-5-14(11)19-16(12)20/h2-9,18H,1H3,(H,19,20)/b12-9+. The Labute approximate surface area is 116 Å². The lowest BCUT2D eigenvalue weighted by Gasteiger charge is -2.05. The number of halogens is 1. The average molecular weight is 268 g/mol. The van der Waals surface area contributed by atoms with Crippen LogP contribution in [-0.4, -0.2) is 5.91 Å². The molecule has 2 aromatic carbocycles. The Morgan fingerprint density at radius 1 is 1.20 bits per heavy atom. The van der Waals surface area contributed by atoms with Gasteiger partial charge in [-0.05, 0) is 30.7 Å². The van der Waals surface area contributed by atoms with Gasteiger partial charge in [-0.15, -0.1) is 0 Å². The van der Waals surface area contributed by atoms with Crippen LogP contribution in [0.2, 0.25) is 0 Å². The number of para-hydroxylation sites is 1. The van der Waals surface area contributed by atoms with Crippen LogP contribution in [0.25, 0.3) is 5.57 Å². The topological polar surface area (TPSA) is 41.1 Å². The van der Waals surface area contributed by atoms with Crippen molar-refractivity contribution >= 4 is 22.9 Å². The summed E-state index contributed by atoms with van der Waals surface area (Å²) in [5.74, 6) is -0.528. The minimum absolute atomic E-state index is 0.189. The average Bonchev–Trinajstić information content (AvgIpc) is 2.74. The maximum atomic E-state index is 13.7. The van der Waals surface area contributed by atoms with Gasteiger partial charge in [-0.25, -0.2) is 4.39 Å². The van der Waals surface area contributed by atoms with E-state index in [0.717, 1.165) is 16.8 Å². The van der Waals surface area contributed by atoms with Gasteiger partial charge >= 0.3 is 0 Å². The fourth-order valence-electron chi connectivity index (χ4n) is 2.17. The van der Waals surface area contributed by atoms with Gasteiger partial charge in [0.05, 0.1) is 11.3 Å². The molecule has 0 saturated carbocycles. The first-order chi connectivity index (χ1) is 9.65. The number of fused-ring (bicyclic) bond motifs is 1. The van der Waals surface area contributed by atoms with Crippen molar-refractivity contribution in [1.29, 1.82) is 0 Å². The molecule has 0 unspecified atom stereocenters. The second kappa shape index (κ2) is 4.81. The summed E-state index contributed by atoms with van der Waals surface area (Å²) in [7, 11) is 0. The second-order valence-corrected chi connectivity index (χ2v) is 4.69. The molecule has 3 rings (SSSR count). The maximum absolute atomic E-state index is 13.7. The fraction of sp³-hybridized carbons (Fsp3) is 0.0625. The number of carbonyl (C=O) groups excluding carboxylic acids is 1. The highest BCUT2D eigenvalue weighted by atomic mass is 19.1. The monoisotopic (exact) mass is 268 g/mol. The third kappa shape index (κ3) is 2.16. The molecule has 1 aliphatic rings. The van der Waals surface area contributed by atoms with Gasteiger partial charge in [0.25, 0.3) is 5.91 Å². The van der Waals surface area contributed by atoms with Gasteiger partial charge in [-0.2, -0.15) is 0 Å². The molecule has 0 aromatic heterocycles. The molecule has 0 aliphatic carbocycles. The summed E-state index contributed by atoms with van der Waals surface area (Å²) in [5, 5.41) is 5.62. The third-order valence-electron chi connectivity index (χ3n) is 3.21. The predicted octanol–water partition coefficient (Wildman–Crippen LogP) is 3.54. The van der Waals surface area contributed by atoms with Crippen LogP contribution in [0.3, 0.4) is 0 Å². The molecule has 20 heavy (non-hydrogen) atoms. The first kappa shape index (κ1) is 12.4. The van der Waals surface area contributed by atoms with E-state index < -0.39 is 0 Å². The SMILES string of the molecule is Cc1ccc(N/C=C2/C(=O)Nc3ccccc32)c(F)c1. The van der Waals surface area contributed by atoms with Crippen LogP contribution in [-0.2, 0) is 4.79 Å². The number of hydrogen-bond acceptors (Lipinski definition) is 2. The lowest BCUT2D eigenvalue weighted by atomic mass is 10.1. The minimum Gasteiger partial charge on any atom is -0.358 e. The Balaban J connectivity index is 1.91. The molecule has 0 atom stereocenters. The molecule has 100 valence electrons. The van der Waals surface area contributed by atoms with Gasteiger partial charge in [0.2, 0.25) is 0 Å². The van der Waals surface area contributed by atoms with Crippen LogP contribution in [0.5, 0.6) is 0 Å². The summed E-state index contributed by atoms with van der Waals surface area (Å²) in [4.78, 5) is 11.9. The number of carbonyl (C=O) groups is 1. The molecule has 1 aliphatic heterocycles. The lowest BCUT2D eigenvalue weighted by Crippen LogP contribution is -2.05. The van der Waals surface area contributed by atoms with Crippen molar-refractivity contribution in [2.45, 2.75) is 6.92 Å². The molecule has 0 bridgehead atoms. The zero-order valence-electron chi connectivity index (χ0n) is 10.9. The summed E-state index contributed by atoms with van der Waals surface area (Å²) >= 11 is 0. The van der Waals surface area contributed by atoms with Crippen molar-refractivity contribution in [3.05, 3.63) is 65.6 Å². The van der Waals surface area contributed by atoms with Crippen LogP contribution in [0.15, 0.2) is 48.7 Å². The lowest BCUT2D eigenvalue weighted by molar-refractivity contribution is -0.110. The van der Waals surface area contributed by atoms with Crippen molar-refractivity contribution in [2.24, 2.45) is 0 Å². The predicted molar refractivity (Wildman–Crippen MR) is 77.8 cm³/mol. The van der Waals surface area contributed by atoms with Crippen molar-refractivity contribution in [1.82, 2.24) is 0 Å². The molecule has 3 nitrogen and oxygen atoms in total. The van der Waals surface area contributed by atoms with E-state index in [9.17, 15) is 9.18 Å². The van der Waals surface area contributed by atoms with E-state index in [0.29, 0.717) is 11.3 Å². The van der Waals surface area contributed by atoms with E-state index in [2.05, 4.69) is 10.6 Å². The molecular weight excluding hydrogens is 255 g/mol. The number of anilines is 2. The Morgan fingerprint density at radius 2 is 2.00 bits per heavy atom. The van der Waals surface area contributed by atoms with Crippen molar-refractivity contribution < 1.29 is 9.18 Å². The number of benzene rings is 2. The van der Waals surface area contributed by atoms with Crippen molar-refractivity contribution in [3.63, 3.8) is 0 Å². The Kier molecular flexibility index (Phi) is 2.99. The summed E-state index contributed by atoms with van der Waals surface area (Å²) < 4.78 is 13.7. The van der Waals surface area contributed by atoms with E-state index >= 15 is 0 Å². The largest absolute Gasteiger partial charge is 0.358 e. The molecule has 0 spiro atoms. The highest BCUT2D eigenvalue weighted by Gasteiger charge is 2.23. The first-order valence-electron chi connectivity index (χ1n) is 6.29. The summed E-state index contributed by atoms with van der Waals surface area (Å²) in [6.45, 7) is 1.83. The zero-order chi connectivity index (χ0) is 14.1. The number of nitrogens with one attached hydrogen (secondary N) is 2. The third-order valence-corrected chi connectivity index (χ3v) is 3.21. The van der Waals surface area contributed by atoms with Crippen LogP contribution in [0.4, 0.5) is 15.8 Å². The molecule has 4 heteroatoms. The van der Waals surface area contributed by atoms with Gasteiger partial charge in [-0.1, -0.05) is 24.3 Å². The number of aryl methyl sites for hydroxylation is 1. The van der Waals surface area contributed by atoms with Crippen molar-refractivity contribution in [2.75, 3.05) is 10.6 Å². The minimum atomic E-state index is -0.339. The maximum Gasteiger partial charge on any atom is 0.257 e. The molecule has 1 heterocycles. The fourth-order valence-corrected chi connectivity index (χ4v) is 2.17. The van der Waals surface area contributed by atoms with Gasteiger partial charge < -0.3 is 10.6 Å². The number of hydrogen-bond donors (Lipinski definition) is 2. The van der Waals surface area contributed by atoms with Crippen molar-refractivity contribution in [3.8, 4) is 0 Å². The molecule has 0 radical (unpaired) electrons. The van der Waals surface area contributed by atoms with Crippen LogP contribution < -0.4 is 10.6 Å². The summed E-state index contributed by atoms with van der Waals surface area (Å²) in [6.07, 6.45) is 1.54. The quantitative estimate of drug-likeness (QED) is 0.818. The van der Waals surface area contributed by atoms with Gasteiger partial charge in [0, 0.05) is 17.5 Å². The molecule has 2 N–H and O–H groups in total. The van der Waals surface area contributed by atoms with Gasteiger partial charge in [0.15, 0.2) is 0 Å². The summed E-state index contributed by atoms with van der Waals surface area (Å²) in [6, 6.07) is 12.3. The van der Waals surface area contributed by atoms with Crippen LogP contribution in [0, 0.1) is 12.7 Å². The van der Waals surface area contributed by atoms with E-state index in [-0.39, 0.29) is 11.7 Å². The summed E-state index contributed by atoms with van der Waals surface area (Å²) in [5.41, 5.74) is 3.29. The van der Waals surface area contributed by atoms with Crippen LogP contribution >= 0.6 is 0 Å². The van der Waals surface area contributed by atoms with E-state index in [1.54, 1.807) is 6.07 Å². The Hall–Kier alpha value is -2.62. The van der Waals surface area contributed by atoms with Crippen LogP contribution in [0.1, 0.15) is 11.1 Å². The first-order valence-corrected chi connectivity index (χ1v) is 6.29. The number of rotatable bonds is 2.